The number of nitrogens with zero attached hydrogens (tertiary/aromatic N) is 1. The Balaban J connectivity index is 1.39. The average Bonchev–Trinajstić information content (AvgIpc) is 2.81. The Morgan fingerprint density at radius 1 is 0.742 bits per heavy atom. The van der Waals surface area contributed by atoms with Gasteiger partial charge in [-0.3, -0.25) is 14.3 Å². The molecule has 5 nitrogen and oxygen atoms in total. The molecule has 5 heteroatoms. The van der Waals surface area contributed by atoms with E-state index in [0.717, 1.165) is 18.5 Å². The molecule has 0 saturated carbocycles. The molecule has 0 aliphatic rings. The average molecular weight is 412 g/mol. The molecule has 1 aromatic heterocycles. The maximum atomic E-state index is 11.8. The first-order valence-corrected chi connectivity index (χ1v) is 10.4. The number of hydrogen-bond donors (Lipinski definition) is 2. The number of benzene rings is 3. The summed E-state index contributed by atoms with van der Waals surface area (Å²) in [6.45, 7) is 1.27. The lowest BCUT2D eigenvalue weighted by Crippen LogP contribution is -2.28. The standard InChI is InChI=1S/C26H25N3O2/c30-24-16-18-29(26(31)28-24)19-21-13-11-20(12-14-21)15-17-27-25(22-7-3-1-4-8-22)23-9-5-2-6-10-23/h1-14,16,18,25,27H,15,17,19H2,(H,28,30,31). The molecule has 4 rings (SSSR count). The van der Waals surface area contributed by atoms with Gasteiger partial charge in [0.25, 0.3) is 5.56 Å². The normalized spacial score (nSPS) is 11.0. The molecule has 0 bridgehead atoms. The fourth-order valence-corrected chi connectivity index (χ4v) is 3.66. The summed E-state index contributed by atoms with van der Waals surface area (Å²) < 4.78 is 1.49. The molecule has 0 atom stereocenters. The van der Waals surface area contributed by atoms with E-state index in [1.54, 1.807) is 0 Å². The van der Waals surface area contributed by atoms with Gasteiger partial charge in [-0.05, 0) is 28.7 Å². The number of hydrogen-bond acceptors (Lipinski definition) is 3. The molecule has 0 aliphatic carbocycles. The largest absolute Gasteiger partial charge is 0.328 e. The fraction of sp³-hybridized carbons (Fsp3) is 0.154. The highest BCUT2D eigenvalue weighted by Crippen LogP contribution is 2.21. The first kappa shape index (κ1) is 20.6. The second-order valence-corrected chi connectivity index (χ2v) is 7.51. The van der Waals surface area contributed by atoms with Crippen LogP contribution in [0.15, 0.2) is 107 Å². The predicted molar refractivity (Wildman–Crippen MR) is 123 cm³/mol. The topological polar surface area (TPSA) is 66.9 Å². The molecule has 4 aromatic rings. The van der Waals surface area contributed by atoms with E-state index < -0.39 is 5.69 Å². The van der Waals surface area contributed by atoms with Gasteiger partial charge in [0.15, 0.2) is 0 Å². The highest BCUT2D eigenvalue weighted by molar-refractivity contribution is 5.31. The second kappa shape index (κ2) is 9.87. The Morgan fingerprint density at radius 2 is 1.32 bits per heavy atom. The molecular formula is C26H25N3O2. The molecule has 3 aromatic carbocycles. The van der Waals surface area contributed by atoms with Crippen LogP contribution in [-0.4, -0.2) is 16.1 Å². The number of H-pyrrole nitrogens is 1. The first-order chi connectivity index (χ1) is 15.2. The zero-order valence-corrected chi connectivity index (χ0v) is 17.2. The number of nitrogens with one attached hydrogen (secondary N) is 2. The molecule has 0 amide bonds. The summed E-state index contributed by atoms with van der Waals surface area (Å²) in [6, 6.07) is 30.7. The smallest absolute Gasteiger partial charge is 0.306 e. The third-order valence-corrected chi connectivity index (χ3v) is 5.30. The van der Waals surface area contributed by atoms with E-state index in [2.05, 4.69) is 71.0 Å². The van der Waals surface area contributed by atoms with Gasteiger partial charge in [-0.15, -0.1) is 0 Å². The summed E-state index contributed by atoms with van der Waals surface area (Å²) in [7, 11) is 0. The van der Waals surface area contributed by atoms with Crippen LogP contribution in [0, 0.1) is 0 Å². The van der Waals surface area contributed by atoms with Gasteiger partial charge >= 0.3 is 5.69 Å². The molecule has 156 valence electrons. The van der Waals surface area contributed by atoms with Crippen molar-refractivity contribution in [1.82, 2.24) is 14.9 Å². The van der Waals surface area contributed by atoms with Crippen molar-refractivity contribution >= 4 is 0 Å². The van der Waals surface area contributed by atoms with Crippen LogP contribution < -0.4 is 16.6 Å². The van der Waals surface area contributed by atoms with Crippen molar-refractivity contribution in [3.63, 3.8) is 0 Å². The van der Waals surface area contributed by atoms with Crippen LogP contribution in [0.2, 0.25) is 0 Å². The monoisotopic (exact) mass is 411 g/mol. The SMILES string of the molecule is O=c1ccn(Cc2ccc(CCNC(c3ccccc3)c3ccccc3)cc2)c(=O)[nH]1. The Bertz CT molecular complexity index is 1170. The minimum absolute atomic E-state index is 0.147. The maximum Gasteiger partial charge on any atom is 0.328 e. The van der Waals surface area contributed by atoms with Gasteiger partial charge in [-0.2, -0.15) is 0 Å². The van der Waals surface area contributed by atoms with E-state index in [4.69, 9.17) is 0 Å². The highest BCUT2D eigenvalue weighted by atomic mass is 16.2. The van der Waals surface area contributed by atoms with Gasteiger partial charge in [0.05, 0.1) is 12.6 Å². The van der Waals surface area contributed by atoms with E-state index in [0.29, 0.717) is 6.54 Å². The van der Waals surface area contributed by atoms with E-state index in [1.807, 2.05) is 24.3 Å². The molecule has 1 heterocycles. The number of aromatic amines is 1. The molecule has 2 N–H and O–H groups in total. The Morgan fingerprint density at radius 3 is 1.90 bits per heavy atom. The van der Waals surface area contributed by atoms with E-state index in [1.165, 1.54) is 33.5 Å². The molecule has 0 aliphatic heterocycles. The van der Waals surface area contributed by atoms with Gasteiger partial charge < -0.3 is 5.32 Å². The second-order valence-electron chi connectivity index (χ2n) is 7.51. The van der Waals surface area contributed by atoms with Gasteiger partial charge in [0, 0.05) is 18.8 Å². The van der Waals surface area contributed by atoms with Crippen LogP contribution in [0.5, 0.6) is 0 Å². The lowest BCUT2D eigenvalue weighted by molar-refractivity contribution is 0.606. The summed E-state index contributed by atoms with van der Waals surface area (Å²) in [5.74, 6) is 0. The molecule has 0 unspecified atom stereocenters. The number of aromatic nitrogens is 2. The van der Waals surface area contributed by atoms with E-state index in [9.17, 15) is 9.59 Å². The third-order valence-electron chi connectivity index (χ3n) is 5.30. The van der Waals surface area contributed by atoms with Crippen LogP contribution in [0.3, 0.4) is 0 Å². The van der Waals surface area contributed by atoms with Crippen molar-refractivity contribution in [3.8, 4) is 0 Å². The zero-order valence-electron chi connectivity index (χ0n) is 17.2. The van der Waals surface area contributed by atoms with Crippen LogP contribution in [-0.2, 0) is 13.0 Å². The Kier molecular flexibility index (Phi) is 6.55. The van der Waals surface area contributed by atoms with Gasteiger partial charge in [-0.25, -0.2) is 4.79 Å². The maximum absolute atomic E-state index is 11.8. The van der Waals surface area contributed by atoms with Crippen molar-refractivity contribution in [3.05, 3.63) is 140 Å². The Labute approximate surface area is 181 Å². The summed E-state index contributed by atoms with van der Waals surface area (Å²) >= 11 is 0. The van der Waals surface area contributed by atoms with E-state index >= 15 is 0 Å². The zero-order chi connectivity index (χ0) is 21.5. The lowest BCUT2D eigenvalue weighted by Gasteiger charge is -2.20. The minimum atomic E-state index is -0.395. The molecule has 0 saturated heterocycles. The molecular weight excluding hydrogens is 386 g/mol. The molecule has 0 spiro atoms. The van der Waals surface area contributed by atoms with Crippen molar-refractivity contribution < 1.29 is 0 Å². The number of rotatable bonds is 8. The van der Waals surface area contributed by atoms with Crippen molar-refractivity contribution in [2.24, 2.45) is 0 Å². The minimum Gasteiger partial charge on any atom is -0.306 e. The van der Waals surface area contributed by atoms with Crippen molar-refractivity contribution in [2.45, 2.75) is 19.0 Å². The summed E-state index contributed by atoms with van der Waals surface area (Å²) in [5, 5.41) is 3.69. The summed E-state index contributed by atoms with van der Waals surface area (Å²) in [5.41, 5.74) is 3.95. The lowest BCUT2D eigenvalue weighted by atomic mass is 9.98. The third kappa shape index (κ3) is 5.47. The quantitative estimate of drug-likeness (QED) is 0.466. The van der Waals surface area contributed by atoms with Gasteiger partial charge in [0.2, 0.25) is 0 Å². The van der Waals surface area contributed by atoms with Crippen LogP contribution >= 0.6 is 0 Å². The van der Waals surface area contributed by atoms with Gasteiger partial charge in [-0.1, -0.05) is 84.9 Å². The predicted octanol–water partition coefficient (Wildman–Crippen LogP) is 3.51. The first-order valence-electron chi connectivity index (χ1n) is 10.4. The highest BCUT2D eigenvalue weighted by Gasteiger charge is 2.12. The van der Waals surface area contributed by atoms with Crippen molar-refractivity contribution in [2.75, 3.05) is 6.54 Å². The summed E-state index contributed by atoms with van der Waals surface area (Å²) in [4.78, 5) is 25.3. The van der Waals surface area contributed by atoms with Gasteiger partial charge in [0.1, 0.15) is 0 Å². The van der Waals surface area contributed by atoms with Crippen LogP contribution in [0.1, 0.15) is 28.3 Å². The van der Waals surface area contributed by atoms with Crippen LogP contribution in [0.25, 0.3) is 0 Å². The molecule has 31 heavy (non-hydrogen) atoms. The van der Waals surface area contributed by atoms with E-state index in [-0.39, 0.29) is 11.6 Å². The van der Waals surface area contributed by atoms with Crippen molar-refractivity contribution in [1.29, 1.82) is 0 Å². The summed E-state index contributed by atoms with van der Waals surface area (Å²) in [6.07, 6.45) is 2.42. The Hall–Kier alpha value is -3.70. The van der Waals surface area contributed by atoms with Crippen LogP contribution in [0.4, 0.5) is 0 Å². The molecule has 0 fully saturated rings. The fourth-order valence-electron chi connectivity index (χ4n) is 3.66. The molecule has 0 radical (unpaired) electrons.